The van der Waals surface area contributed by atoms with Crippen LogP contribution in [0.25, 0.3) is 10.6 Å². The van der Waals surface area contributed by atoms with E-state index in [1.165, 1.54) is 0 Å². The quantitative estimate of drug-likeness (QED) is 0.416. The van der Waals surface area contributed by atoms with Gasteiger partial charge in [0.05, 0.1) is 11.1 Å². The lowest BCUT2D eigenvalue weighted by atomic mass is 10.0. The van der Waals surface area contributed by atoms with E-state index in [-0.39, 0.29) is 24.2 Å². The Bertz CT molecular complexity index is 1310. The molecule has 1 saturated heterocycles. The fourth-order valence-electron chi connectivity index (χ4n) is 4.01. The number of likely N-dealkylation sites (tertiary alicyclic amines) is 1. The van der Waals surface area contributed by atoms with Crippen molar-refractivity contribution in [3.05, 3.63) is 59.2 Å². The third-order valence-electron chi connectivity index (χ3n) is 5.94. The zero-order valence-corrected chi connectivity index (χ0v) is 20.8. The number of benzene rings is 2. The number of rotatable bonds is 5. The molecule has 14 heteroatoms. The predicted octanol–water partition coefficient (Wildman–Crippen LogP) is 5.55. The zero-order valence-electron chi connectivity index (χ0n) is 20.0. The Kier molecular flexibility index (Phi) is 7.37. The van der Waals surface area contributed by atoms with Crippen LogP contribution in [-0.4, -0.2) is 53.6 Å². The standard InChI is InChI=1S/C24H21F6N5O2S/c1-34(2)17-7-5-13(6-8-17)20-32-33-22(38-20)31-19(36)18-4-3-9-35(18)21(37)14-10-15(23(25,26)27)12-16(11-14)24(28,29)30/h5-8,10-12,18H,3-4,9H2,1-2H3,(H,31,33,36). The molecule has 1 aliphatic heterocycles. The summed E-state index contributed by atoms with van der Waals surface area (Å²) in [6, 6.07) is 7.02. The van der Waals surface area contributed by atoms with Crippen LogP contribution in [0.2, 0.25) is 0 Å². The molecule has 0 bridgehead atoms. The molecule has 0 spiro atoms. The fourth-order valence-corrected chi connectivity index (χ4v) is 4.76. The first-order valence-corrected chi connectivity index (χ1v) is 12.1. The normalized spacial score (nSPS) is 16.0. The lowest BCUT2D eigenvalue weighted by Gasteiger charge is -2.24. The molecule has 1 fully saturated rings. The van der Waals surface area contributed by atoms with Crippen molar-refractivity contribution in [1.82, 2.24) is 15.1 Å². The molecule has 1 atom stereocenters. The maximum Gasteiger partial charge on any atom is 0.416 e. The van der Waals surface area contributed by atoms with Gasteiger partial charge >= 0.3 is 12.4 Å². The number of nitrogens with one attached hydrogen (secondary N) is 1. The van der Waals surface area contributed by atoms with Crippen LogP contribution in [0.3, 0.4) is 0 Å². The van der Waals surface area contributed by atoms with Crippen molar-refractivity contribution in [3.8, 4) is 10.6 Å². The van der Waals surface area contributed by atoms with Crippen molar-refractivity contribution in [3.63, 3.8) is 0 Å². The number of alkyl halides is 6. The Morgan fingerprint density at radius 1 is 0.974 bits per heavy atom. The van der Waals surface area contributed by atoms with Gasteiger partial charge in [0.25, 0.3) is 5.91 Å². The van der Waals surface area contributed by atoms with Crippen LogP contribution < -0.4 is 10.2 Å². The van der Waals surface area contributed by atoms with Crippen LogP contribution in [0.1, 0.15) is 34.3 Å². The summed E-state index contributed by atoms with van der Waals surface area (Å²) < 4.78 is 79.4. The molecule has 38 heavy (non-hydrogen) atoms. The van der Waals surface area contributed by atoms with E-state index in [0.717, 1.165) is 27.5 Å². The summed E-state index contributed by atoms with van der Waals surface area (Å²) in [5.74, 6) is -1.76. The van der Waals surface area contributed by atoms with Gasteiger partial charge in [-0.15, -0.1) is 10.2 Å². The van der Waals surface area contributed by atoms with Crippen molar-refractivity contribution in [2.75, 3.05) is 30.9 Å². The Morgan fingerprint density at radius 3 is 2.13 bits per heavy atom. The highest BCUT2D eigenvalue weighted by Crippen LogP contribution is 2.37. The third-order valence-corrected chi connectivity index (χ3v) is 6.82. The molecule has 0 saturated carbocycles. The van der Waals surface area contributed by atoms with Gasteiger partial charge in [-0.05, 0) is 55.3 Å². The van der Waals surface area contributed by atoms with Crippen LogP contribution in [-0.2, 0) is 17.1 Å². The van der Waals surface area contributed by atoms with E-state index in [4.69, 9.17) is 0 Å². The van der Waals surface area contributed by atoms with Gasteiger partial charge in [0.15, 0.2) is 0 Å². The molecule has 2 heterocycles. The summed E-state index contributed by atoms with van der Waals surface area (Å²) in [4.78, 5) is 28.9. The molecular formula is C24H21F6N5O2S. The Labute approximate surface area is 217 Å². The number of halogens is 6. The molecule has 2 amide bonds. The minimum absolute atomic E-state index is 0.00584. The molecular weight excluding hydrogens is 536 g/mol. The molecule has 1 aliphatic rings. The van der Waals surface area contributed by atoms with Gasteiger partial charge in [-0.25, -0.2) is 0 Å². The minimum atomic E-state index is -5.10. The average molecular weight is 558 g/mol. The molecule has 1 unspecified atom stereocenters. The van der Waals surface area contributed by atoms with Crippen molar-refractivity contribution >= 4 is 34.0 Å². The van der Waals surface area contributed by atoms with E-state index in [1.807, 2.05) is 43.3 Å². The number of hydrogen-bond donors (Lipinski definition) is 1. The number of hydrogen-bond acceptors (Lipinski definition) is 6. The Balaban J connectivity index is 1.52. The largest absolute Gasteiger partial charge is 0.416 e. The highest BCUT2D eigenvalue weighted by atomic mass is 32.1. The third kappa shape index (κ3) is 5.90. The van der Waals surface area contributed by atoms with Crippen LogP contribution in [0.5, 0.6) is 0 Å². The maximum absolute atomic E-state index is 13.2. The summed E-state index contributed by atoms with van der Waals surface area (Å²) in [6.07, 6.45) is -9.67. The monoisotopic (exact) mass is 557 g/mol. The first-order valence-electron chi connectivity index (χ1n) is 11.3. The van der Waals surface area contributed by atoms with Crippen molar-refractivity contribution in [1.29, 1.82) is 0 Å². The van der Waals surface area contributed by atoms with Crippen molar-refractivity contribution in [2.45, 2.75) is 31.2 Å². The summed E-state index contributed by atoms with van der Waals surface area (Å²) in [6.45, 7) is -0.00584. The molecule has 3 aromatic rings. The fraction of sp³-hybridized carbons (Fsp3) is 0.333. The van der Waals surface area contributed by atoms with E-state index in [9.17, 15) is 35.9 Å². The SMILES string of the molecule is CN(C)c1ccc(-c2nnc(NC(=O)C3CCCN3C(=O)c3cc(C(F)(F)F)cc(C(F)(F)F)c3)s2)cc1. The highest BCUT2D eigenvalue weighted by Gasteiger charge is 2.40. The average Bonchev–Trinajstić information content (AvgIpc) is 3.52. The zero-order chi connectivity index (χ0) is 27.8. The summed E-state index contributed by atoms with van der Waals surface area (Å²) in [5.41, 5.74) is -2.27. The molecule has 0 radical (unpaired) electrons. The lowest BCUT2D eigenvalue weighted by Crippen LogP contribution is -2.43. The van der Waals surface area contributed by atoms with Crippen LogP contribution in [0.4, 0.5) is 37.2 Å². The smallest absolute Gasteiger partial charge is 0.378 e. The first-order chi connectivity index (χ1) is 17.7. The van der Waals surface area contributed by atoms with Gasteiger partial charge in [-0.1, -0.05) is 11.3 Å². The van der Waals surface area contributed by atoms with Gasteiger partial charge in [0.1, 0.15) is 11.0 Å². The number of aromatic nitrogens is 2. The van der Waals surface area contributed by atoms with E-state index in [1.54, 1.807) is 0 Å². The van der Waals surface area contributed by atoms with Gasteiger partial charge in [-0.3, -0.25) is 14.9 Å². The number of amides is 2. The molecule has 4 rings (SSSR count). The van der Waals surface area contributed by atoms with E-state index in [2.05, 4.69) is 15.5 Å². The second kappa shape index (κ2) is 10.2. The van der Waals surface area contributed by atoms with Crippen LogP contribution in [0, 0.1) is 0 Å². The Morgan fingerprint density at radius 2 is 1.58 bits per heavy atom. The van der Waals surface area contributed by atoms with Crippen LogP contribution >= 0.6 is 11.3 Å². The minimum Gasteiger partial charge on any atom is -0.378 e. The predicted molar refractivity (Wildman–Crippen MR) is 129 cm³/mol. The van der Waals surface area contributed by atoms with Crippen molar-refractivity contribution < 1.29 is 35.9 Å². The van der Waals surface area contributed by atoms with E-state index in [0.29, 0.717) is 23.6 Å². The second-order valence-electron chi connectivity index (χ2n) is 8.79. The number of anilines is 2. The second-order valence-corrected chi connectivity index (χ2v) is 9.77. The molecule has 1 aromatic heterocycles. The number of carbonyl (C=O) groups excluding carboxylic acids is 2. The van der Waals surface area contributed by atoms with Gasteiger partial charge in [-0.2, -0.15) is 26.3 Å². The molecule has 0 aliphatic carbocycles. The van der Waals surface area contributed by atoms with Gasteiger partial charge in [0, 0.05) is 37.5 Å². The van der Waals surface area contributed by atoms with Gasteiger partial charge in [0.2, 0.25) is 11.0 Å². The summed E-state index contributed by atoms with van der Waals surface area (Å²) in [7, 11) is 3.79. The highest BCUT2D eigenvalue weighted by molar-refractivity contribution is 7.18. The van der Waals surface area contributed by atoms with E-state index < -0.39 is 46.9 Å². The molecule has 7 nitrogen and oxygen atoms in total. The van der Waals surface area contributed by atoms with Crippen molar-refractivity contribution in [2.24, 2.45) is 0 Å². The maximum atomic E-state index is 13.2. The van der Waals surface area contributed by atoms with Crippen LogP contribution in [0.15, 0.2) is 42.5 Å². The first kappa shape index (κ1) is 27.4. The topological polar surface area (TPSA) is 78.4 Å². The Hall–Kier alpha value is -3.68. The number of nitrogens with zero attached hydrogens (tertiary/aromatic N) is 4. The van der Waals surface area contributed by atoms with E-state index >= 15 is 0 Å². The molecule has 202 valence electrons. The number of carbonyl (C=O) groups is 2. The summed E-state index contributed by atoms with van der Waals surface area (Å²) >= 11 is 1.08. The molecule has 2 aromatic carbocycles. The summed E-state index contributed by atoms with van der Waals surface area (Å²) in [5, 5.41) is 11.2. The lowest BCUT2D eigenvalue weighted by molar-refractivity contribution is -0.143. The van der Waals surface area contributed by atoms with Gasteiger partial charge < -0.3 is 9.80 Å². The molecule has 1 N–H and O–H groups in total.